The summed E-state index contributed by atoms with van der Waals surface area (Å²) in [6.07, 6.45) is 0. The quantitative estimate of drug-likeness (QED) is 0.155. The summed E-state index contributed by atoms with van der Waals surface area (Å²) in [6, 6.07) is 112. The molecule has 102 heavy (non-hydrogen) atoms. The van der Waals surface area contributed by atoms with Gasteiger partial charge in [0.15, 0.2) is 0 Å². The van der Waals surface area contributed by atoms with Gasteiger partial charge in [-0.05, 0) is 266 Å². The van der Waals surface area contributed by atoms with E-state index in [9.17, 15) is 0 Å². The van der Waals surface area contributed by atoms with Gasteiger partial charge in [0.2, 0.25) is 0 Å². The normalized spacial score (nSPS) is 11.4. The molecule has 0 aromatic heterocycles. The molecule has 0 saturated heterocycles. The molecule has 0 aliphatic rings. The summed E-state index contributed by atoms with van der Waals surface area (Å²) in [4.78, 5) is 0. The molecule has 0 radical (unpaired) electrons. The van der Waals surface area contributed by atoms with Crippen molar-refractivity contribution in [3.63, 3.8) is 0 Å². The second kappa shape index (κ2) is 28.7. The van der Waals surface area contributed by atoms with E-state index in [1.54, 1.807) is 0 Å². The van der Waals surface area contributed by atoms with Gasteiger partial charge in [-0.2, -0.15) is 0 Å². The van der Waals surface area contributed by atoms with Gasteiger partial charge in [-0.3, -0.25) is 0 Å². The smallest absolute Gasteiger partial charge is 0.00213 e. The zero-order valence-electron chi connectivity index (χ0n) is 61.4. The van der Waals surface area contributed by atoms with Gasteiger partial charge in [-0.15, -0.1) is 0 Å². The Labute approximate surface area is 603 Å². The molecule has 0 amide bonds. The third-order valence-corrected chi connectivity index (χ3v) is 21.4. The van der Waals surface area contributed by atoms with Gasteiger partial charge in [-0.25, -0.2) is 0 Å². The zero-order chi connectivity index (χ0) is 70.9. The number of hydrogen-bond acceptors (Lipinski definition) is 0. The van der Waals surface area contributed by atoms with Crippen LogP contribution in [-0.4, -0.2) is 0 Å². The predicted molar refractivity (Wildman–Crippen MR) is 450 cm³/mol. The van der Waals surface area contributed by atoms with E-state index in [2.05, 4.69) is 399 Å². The molecule has 0 spiro atoms. The van der Waals surface area contributed by atoms with Gasteiger partial charge in [-0.1, -0.05) is 341 Å². The minimum atomic E-state index is 0.146. The summed E-state index contributed by atoms with van der Waals surface area (Å²) in [5.74, 6) is 0. The summed E-state index contributed by atoms with van der Waals surface area (Å²) < 4.78 is 0. The van der Waals surface area contributed by atoms with E-state index in [-0.39, 0.29) is 5.41 Å². The molecule has 0 heteroatoms. The standard InChI is InChI=1S/C24H22.C22H18.C21H16.C19H20.C16H14/c1-15-13-16(2)23(17(3)14-15)24-21-11-7-5-9-19(21)18(4)20-10-6-8-12-22(20)24;1-15-11-13-17(14-12-15)22-20-9-5-3-7-18(20)16(2)19-8-4-6-10-21(19)22;1-15-17-11-5-7-13-19(17)21(16-9-3-2-4-10-16)20-14-8-6-12-18(15)20;1-13-14-9-5-7-11-16(14)18(19(2,3)4)17-12-8-6-10-15(13)17;1-11-13-7-3-5-9-15(13)12(2)16-10-6-4-8-14(11)16/h5-14H,1-4H3;3-14H,1-2H3;2-14H,1H3;5-12H,1-4H3;3-10H,1-2H3. The molecule has 0 nitrogen and oxygen atoms in total. The van der Waals surface area contributed by atoms with Crippen molar-refractivity contribution >= 4 is 108 Å². The van der Waals surface area contributed by atoms with E-state index in [1.165, 1.54) is 202 Å². The summed E-state index contributed by atoms with van der Waals surface area (Å²) in [5, 5.41) is 27.2. The average molecular weight is 1320 g/mol. The Balaban J connectivity index is 0.000000109. The topological polar surface area (TPSA) is 0 Å². The highest BCUT2D eigenvalue weighted by molar-refractivity contribution is 6.18. The number of benzene rings is 18. The molecule has 0 saturated carbocycles. The molecule has 0 fully saturated rings. The van der Waals surface area contributed by atoms with Crippen LogP contribution >= 0.6 is 0 Å². The average Bonchev–Trinajstić information content (AvgIpc) is 0.748. The van der Waals surface area contributed by atoms with E-state index in [0.29, 0.717) is 0 Å². The third-order valence-electron chi connectivity index (χ3n) is 21.4. The maximum atomic E-state index is 2.30. The van der Waals surface area contributed by atoms with Gasteiger partial charge in [0, 0.05) is 0 Å². The van der Waals surface area contributed by atoms with Crippen LogP contribution in [0.5, 0.6) is 0 Å². The van der Waals surface area contributed by atoms with Gasteiger partial charge in [0.05, 0.1) is 0 Å². The van der Waals surface area contributed by atoms with E-state index >= 15 is 0 Å². The second-order valence-electron chi connectivity index (χ2n) is 29.0. The Morgan fingerprint density at radius 2 is 0.363 bits per heavy atom. The first-order chi connectivity index (χ1) is 49.5. The minimum Gasteiger partial charge on any atom is -0.0622 e. The van der Waals surface area contributed by atoms with Crippen LogP contribution in [0.3, 0.4) is 0 Å². The molecule has 0 heterocycles. The molecule has 0 aliphatic heterocycles. The fraction of sp³-hybridized carbons (Fsp3) is 0.137. The second-order valence-corrected chi connectivity index (χ2v) is 29.0. The summed E-state index contributed by atoms with van der Waals surface area (Å²) >= 11 is 0. The van der Waals surface area contributed by atoms with Crippen molar-refractivity contribution in [3.8, 4) is 33.4 Å². The molecule has 18 aromatic carbocycles. The van der Waals surface area contributed by atoms with Crippen molar-refractivity contribution in [3.05, 3.63) is 371 Å². The summed E-state index contributed by atoms with van der Waals surface area (Å²) in [5.41, 5.74) is 23.2. The third kappa shape index (κ3) is 12.8. The first-order valence-electron chi connectivity index (χ1n) is 36.2. The highest BCUT2D eigenvalue weighted by atomic mass is 14.3. The molecule has 0 atom stereocenters. The Bertz CT molecular complexity index is 5820. The number of aryl methyl sites for hydroxylation is 10. The monoisotopic (exact) mass is 1310 g/mol. The van der Waals surface area contributed by atoms with Gasteiger partial charge in [0.1, 0.15) is 0 Å². The SMILES string of the molecule is Cc1c2ccccc2c(-c2ccccc2)c2ccccc12.Cc1c2ccccc2c(C(C)(C)C)c2ccccc12.Cc1c2ccccc2c(C)c2ccccc12.Cc1cc(C)c(-c2c3ccccc3c(C)c3ccccc23)c(C)c1.Cc1ccc(-c2c3ccccc3c(C)c3ccccc23)cc1. The first-order valence-corrected chi connectivity index (χ1v) is 36.2. The lowest BCUT2D eigenvalue weighted by Gasteiger charge is -2.25. The van der Waals surface area contributed by atoms with E-state index < -0.39 is 0 Å². The highest BCUT2D eigenvalue weighted by Crippen LogP contribution is 2.45. The van der Waals surface area contributed by atoms with Gasteiger partial charge >= 0.3 is 0 Å². The molecule has 18 rings (SSSR count). The Kier molecular flexibility index (Phi) is 19.0. The Morgan fingerprint density at radius 1 is 0.167 bits per heavy atom. The van der Waals surface area contributed by atoms with Crippen molar-refractivity contribution in [2.75, 3.05) is 0 Å². The van der Waals surface area contributed by atoms with Crippen molar-refractivity contribution in [1.29, 1.82) is 0 Å². The predicted octanol–water partition coefficient (Wildman–Crippen LogP) is 29.3. The molecule has 18 aromatic rings. The molecule has 0 bridgehead atoms. The largest absolute Gasteiger partial charge is 0.0622 e. The van der Waals surface area contributed by atoms with E-state index in [0.717, 1.165) is 0 Å². The zero-order valence-corrected chi connectivity index (χ0v) is 61.4. The van der Waals surface area contributed by atoms with Crippen molar-refractivity contribution in [1.82, 2.24) is 0 Å². The van der Waals surface area contributed by atoms with Crippen LogP contribution < -0.4 is 0 Å². The summed E-state index contributed by atoms with van der Waals surface area (Å²) in [7, 11) is 0. The van der Waals surface area contributed by atoms with Gasteiger partial charge < -0.3 is 0 Å². The van der Waals surface area contributed by atoms with Crippen LogP contribution in [0, 0.1) is 69.2 Å². The lowest BCUT2D eigenvalue weighted by atomic mass is 9.79. The number of hydrogen-bond donors (Lipinski definition) is 0. The van der Waals surface area contributed by atoms with Crippen molar-refractivity contribution < 1.29 is 0 Å². The Hall–Kier alpha value is -11.4. The molecular formula is C102H90. The fourth-order valence-electron chi connectivity index (χ4n) is 16.5. The molecule has 0 aliphatic carbocycles. The maximum Gasteiger partial charge on any atom is -0.00213 e. The highest BCUT2D eigenvalue weighted by Gasteiger charge is 2.23. The number of rotatable bonds is 3. The molecule has 0 N–H and O–H groups in total. The van der Waals surface area contributed by atoms with Crippen LogP contribution in [0.4, 0.5) is 0 Å². The van der Waals surface area contributed by atoms with E-state index in [4.69, 9.17) is 0 Å². The van der Waals surface area contributed by atoms with Crippen LogP contribution in [0.25, 0.3) is 141 Å². The van der Waals surface area contributed by atoms with Crippen LogP contribution in [-0.2, 0) is 5.41 Å². The number of fused-ring (bicyclic) bond motifs is 10. The van der Waals surface area contributed by atoms with Crippen LogP contribution in [0.15, 0.2) is 309 Å². The lowest BCUT2D eigenvalue weighted by molar-refractivity contribution is 0.601. The first kappa shape index (κ1) is 67.7. The van der Waals surface area contributed by atoms with E-state index in [1.807, 2.05) is 0 Å². The van der Waals surface area contributed by atoms with Crippen LogP contribution in [0.1, 0.15) is 82.0 Å². The minimum absolute atomic E-state index is 0.146. The summed E-state index contributed by atoms with van der Waals surface area (Å²) in [6.45, 7) is 29.0. The fourth-order valence-corrected chi connectivity index (χ4v) is 16.5. The van der Waals surface area contributed by atoms with Crippen LogP contribution in [0.2, 0.25) is 0 Å². The Morgan fingerprint density at radius 3 is 0.618 bits per heavy atom. The molecular weight excluding hydrogens is 1230 g/mol. The maximum absolute atomic E-state index is 2.30. The molecule has 498 valence electrons. The van der Waals surface area contributed by atoms with Crippen molar-refractivity contribution in [2.24, 2.45) is 0 Å². The lowest BCUT2D eigenvalue weighted by Crippen LogP contribution is -2.13. The van der Waals surface area contributed by atoms with Crippen molar-refractivity contribution in [2.45, 2.75) is 95.4 Å². The van der Waals surface area contributed by atoms with Gasteiger partial charge in [0.25, 0.3) is 0 Å². The molecule has 0 unspecified atom stereocenters.